The molecule has 1 aromatic heterocycles. The van der Waals surface area contributed by atoms with Gasteiger partial charge in [-0.25, -0.2) is 0 Å². The van der Waals surface area contributed by atoms with Crippen molar-refractivity contribution in [1.82, 2.24) is 9.88 Å². The number of H-pyrrole nitrogens is 1. The molecule has 126 valence electrons. The largest absolute Gasteiger partial charge is 0.481 e. The molecule has 24 heavy (non-hydrogen) atoms. The molecule has 1 saturated carbocycles. The lowest BCUT2D eigenvalue weighted by Crippen LogP contribution is -2.50. The Hall–Kier alpha value is -2.34. The van der Waals surface area contributed by atoms with E-state index in [4.69, 9.17) is 9.84 Å². The van der Waals surface area contributed by atoms with Gasteiger partial charge in [-0.15, -0.1) is 0 Å². The third-order valence-corrected chi connectivity index (χ3v) is 4.81. The van der Waals surface area contributed by atoms with Crippen LogP contribution in [-0.2, 0) is 14.3 Å². The van der Waals surface area contributed by atoms with Crippen LogP contribution < -0.4 is 0 Å². The molecule has 1 aromatic carbocycles. The average Bonchev–Trinajstić information content (AvgIpc) is 3.26. The number of amides is 1. The highest BCUT2D eigenvalue weighted by Gasteiger charge is 2.41. The molecule has 0 spiro atoms. The van der Waals surface area contributed by atoms with Gasteiger partial charge in [0.25, 0.3) is 5.91 Å². The van der Waals surface area contributed by atoms with Crippen LogP contribution in [0.3, 0.4) is 0 Å². The Labute approximate surface area is 139 Å². The maximum atomic E-state index is 12.7. The first kappa shape index (κ1) is 15.2. The van der Waals surface area contributed by atoms with Gasteiger partial charge in [0.05, 0.1) is 19.1 Å². The fraction of sp³-hybridized carbons (Fsp3) is 0.444. The molecule has 1 aliphatic carbocycles. The zero-order valence-electron chi connectivity index (χ0n) is 13.3. The topological polar surface area (TPSA) is 82.6 Å². The van der Waals surface area contributed by atoms with Gasteiger partial charge < -0.3 is 19.7 Å². The fourth-order valence-electron chi connectivity index (χ4n) is 3.34. The minimum Gasteiger partial charge on any atom is -0.481 e. The molecule has 2 aromatic rings. The minimum atomic E-state index is -1.01. The lowest BCUT2D eigenvalue weighted by molar-refractivity contribution is -0.166. The Morgan fingerprint density at radius 1 is 1.33 bits per heavy atom. The number of morpholine rings is 1. The number of benzene rings is 1. The van der Waals surface area contributed by atoms with Crippen LogP contribution in [0, 0.1) is 5.92 Å². The second kappa shape index (κ2) is 5.94. The molecule has 2 N–H and O–H groups in total. The zero-order valence-corrected chi connectivity index (χ0v) is 13.3. The number of nitrogens with zero attached hydrogens (tertiary/aromatic N) is 1. The smallest absolute Gasteiger partial charge is 0.306 e. The number of fused-ring (bicyclic) bond motifs is 1. The van der Waals surface area contributed by atoms with E-state index in [1.54, 1.807) is 0 Å². The summed E-state index contributed by atoms with van der Waals surface area (Å²) in [7, 11) is 0. The molecule has 2 fully saturated rings. The quantitative estimate of drug-likeness (QED) is 0.882. The maximum Gasteiger partial charge on any atom is 0.306 e. The summed E-state index contributed by atoms with van der Waals surface area (Å²) in [4.78, 5) is 28.9. The van der Waals surface area contributed by atoms with Crippen LogP contribution in [0.25, 0.3) is 10.9 Å². The van der Waals surface area contributed by atoms with Crippen molar-refractivity contribution in [2.24, 2.45) is 5.92 Å². The predicted octanol–water partition coefficient (Wildman–Crippen LogP) is 2.32. The van der Waals surface area contributed by atoms with Crippen molar-refractivity contribution in [3.8, 4) is 0 Å². The fourth-order valence-corrected chi connectivity index (χ4v) is 3.34. The van der Waals surface area contributed by atoms with Crippen molar-refractivity contribution >= 4 is 22.8 Å². The van der Waals surface area contributed by atoms with E-state index in [1.165, 1.54) is 0 Å². The van der Waals surface area contributed by atoms with Gasteiger partial charge in [0, 0.05) is 17.8 Å². The SMILES string of the molecule is O=C(O)CC1OCC(c2cc3ccccc3[nH]2)N(CC2CC2)C1=O. The maximum absolute atomic E-state index is 12.7. The molecule has 1 amide bonds. The van der Waals surface area contributed by atoms with Crippen molar-refractivity contribution in [3.63, 3.8) is 0 Å². The van der Waals surface area contributed by atoms with Crippen LogP contribution in [-0.4, -0.2) is 46.1 Å². The third kappa shape index (κ3) is 2.89. The first-order valence-electron chi connectivity index (χ1n) is 8.33. The molecule has 1 saturated heterocycles. The van der Waals surface area contributed by atoms with E-state index in [0.29, 0.717) is 19.1 Å². The molecule has 0 radical (unpaired) electrons. The molecular formula is C18H20N2O4. The summed E-state index contributed by atoms with van der Waals surface area (Å²) in [5.74, 6) is -0.688. The van der Waals surface area contributed by atoms with E-state index in [9.17, 15) is 9.59 Å². The number of carbonyl (C=O) groups is 2. The van der Waals surface area contributed by atoms with Gasteiger partial charge in [-0.1, -0.05) is 18.2 Å². The second-order valence-electron chi connectivity index (χ2n) is 6.68. The lowest BCUT2D eigenvalue weighted by atomic mass is 10.1. The van der Waals surface area contributed by atoms with Crippen LogP contribution in [0.15, 0.2) is 30.3 Å². The van der Waals surface area contributed by atoms with Gasteiger partial charge in [0.1, 0.15) is 6.10 Å². The van der Waals surface area contributed by atoms with E-state index < -0.39 is 12.1 Å². The summed E-state index contributed by atoms with van der Waals surface area (Å²) >= 11 is 0. The highest BCUT2D eigenvalue weighted by Crippen LogP contribution is 2.36. The van der Waals surface area contributed by atoms with Crippen molar-refractivity contribution < 1.29 is 19.4 Å². The Balaban J connectivity index is 1.62. The standard InChI is InChI=1S/C18H20N2O4/c21-17(22)8-16-18(23)20(9-11-5-6-11)15(10-24-16)14-7-12-3-1-2-4-13(12)19-14/h1-4,7,11,15-16,19H,5-6,8-10H2,(H,21,22). The number of nitrogens with one attached hydrogen (secondary N) is 1. The number of carbonyl (C=O) groups excluding carboxylic acids is 1. The molecule has 2 atom stereocenters. The number of hydrogen-bond acceptors (Lipinski definition) is 3. The lowest BCUT2D eigenvalue weighted by Gasteiger charge is -2.38. The number of aromatic amines is 1. The summed E-state index contributed by atoms with van der Waals surface area (Å²) in [5, 5.41) is 10.1. The highest BCUT2D eigenvalue weighted by atomic mass is 16.5. The van der Waals surface area contributed by atoms with Gasteiger partial charge in [-0.3, -0.25) is 9.59 Å². The Kier molecular flexibility index (Phi) is 3.76. The molecular weight excluding hydrogens is 308 g/mol. The first-order chi connectivity index (χ1) is 11.6. The highest BCUT2D eigenvalue weighted by molar-refractivity contribution is 5.87. The number of para-hydroxylation sites is 1. The van der Waals surface area contributed by atoms with Crippen molar-refractivity contribution in [2.75, 3.05) is 13.2 Å². The summed E-state index contributed by atoms with van der Waals surface area (Å²) < 4.78 is 5.60. The van der Waals surface area contributed by atoms with Gasteiger partial charge in [-0.05, 0) is 36.3 Å². The zero-order chi connectivity index (χ0) is 16.7. The molecule has 2 aliphatic rings. The first-order valence-corrected chi connectivity index (χ1v) is 8.33. The Morgan fingerprint density at radius 2 is 2.12 bits per heavy atom. The number of rotatable bonds is 5. The van der Waals surface area contributed by atoms with E-state index in [2.05, 4.69) is 4.98 Å². The molecule has 2 unspecified atom stereocenters. The van der Waals surface area contributed by atoms with E-state index in [1.807, 2.05) is 35.2 Å². The third-order valence-electron chi connectivity index (χ3n) is 4.81. The molecule has 4 rings (SSSR count). The number of aliphatic carboxylic acids is 1. The summed E-state index contributed by atoms with van der Waals surface area (Å²) in [6.07, 6.45) is 1.11. The van der Waals surface area contributed by atoms with E-state index in [-0.39, 0.29) is 18.4 Å². The predicted molar refractivity (Wildman–Crippen MR) is 87.5 cm³/mol. The normalized spacial score (nSPS) is 24.5. The van der Waals surface area contributed by atoms with Gasteiger partial charge in [-0.2, -0.15) is 0 Å². The van der Waals surface area contributed by atoms with E-state index in [0.717, 1.165) is 29.4 Å². The molecule has 1 aliphatic heterocycles. The Bertz CT molecular complexity index is 747. The van der Waals surface area contributed by atoms with Crippen LogP contribution in [0.1, 0.15) is 31.0 Å². The van der Waals surface area contributed by atoms with Crippen LogP contribution in [0.5, 0.6) is 0 Å². The summed E-state index contributed by atoms with van der Waals surface area (Å²) in [6.45, 7) is 1.00. The molecule has 6 nitrogen and oxygen atoms in total. The van der Waals surface area contributed by atoms with Crippen molar-refractivity contribution in [1.29, 1.82) is 0 Å². The molecule has 6 heteroatoms. The van der Waals surface area contributed by atoms with Crippen molar-refractivity contribution in [2.45, 2.75) is 31.4 Å². The molecule has 0 bridgehead atoms. The minimum absolute atomic E-state index is 0.185. The monoisotopic (exact) mass is 328 g/mol. The van der Waals surface area contributed by atoms with Crippen molar-refractivity contribution in [3.05, 3.63) is 36.0 Å². The number of ether oxygens (including phenoxy) is 1. The van der Waals surface area contributed by atoms with Gasteiger partial charge in [0.2, 0.25) is 0 Å². The van der Waals surface area contributed by atoms with E-state index >= 15 is 0 Å². The number of carboxylic acid groups (broad SMARTS) is 1. The van der Waals surface area contributed by atoms with Gasteiger partial charge in [0.15, 0.2) is 0 Å². The second-order valence-corrected chi connectivity index (χ2v) is 6.68. The number of carboxylic acids is 1. The number of hydrogen-bond donors (Lipinski definition) is 2. The van der Waals surface area contributed by atoms with Crippen LogP contribution in [0.4, 0.5) is 0 Å². The van der Waals surface area contributed by atoms with Crippen LogP contribution in [0.2, 0.25) is 0 Å². The number of aromatic nitrogens is 1. The Morgan fingerprint density at radius 3 is 2.83 bits per heavy atom. The summed E-state index contributed by atoms with van der Waals surface area (Å²) in [6, 6.07) is 9.84. The van der Waals surface area contributed by atoms with Gasteiger partial charge >= 0.3 is 5.97 Å². The molecule has 2 heterocycles. The van der Waals surface area contributed by atoms with Crippen LogP contribution >= 0.6 is 0 Å². The summed E-state index contributed by atoms with van der Waals surface area (Å²) in [5.41, 5.74) is 1.97. The average molecular weight is 328 g/mol.